The van der Waals surface area contributed by atoms with Crippen molar-refractivity contribution in [2.24, 2.45) is 0 Å². The molecule has 2 aliphatic rings. The zero-order valence-corrected chi connectivity index (χ0v) is 10.6. The number of rotatable bonds is 0. The summed E-state index contributed by atoms with van der Waals surface area (Å²) in [5.74, 6) is 1.93. The van der Waals surface area contributed by atoms with Crippen LogP contribution in [0.5, 0.6) is 0 Å². The van der Waals surface area contributed by atoms with E-state index in [4.69, 9.17) is 0 Å². The molecule has 0 aromatic carbocycles. The maximum Gasteiger partial charge on any atom is 0.152 e. The van der Waals surface area contributed by atoms with Crippen molar-refractivity contribution in [3.8, 4) is 0 Å². The molecule has 0 aliphatic carbocycles. The smallest absolute Gasteiger partial charge is 0.152 e. The summed E-state index contributed by atoms with van der Waals surface area (Å²) in [6.45, 7) is 2.47. The highest BCUT2D eigenvalue weighted by atomic mass is 32.2. The van der Waals surface area contributed by atoms with Crippen LogP contribution in [0.4, 0.5) is 0 Å². The predicted molar refractivity (Wildman–Crippen MR) is 65.8 cm³/mol. The maximum absolute atomic E-state index is 10.6. The lowest BCUT2D eigenvalue weighted by molar-refractivity contribution is 0.577. The molecular weight excluding hydrogens is 232 g/mol. The fraction of sp³-hybridized carbons (Fsp3) is 1.00. The van der Waals surface area contributed by atoms with Gasteiger partial charge in [-0.3, -0.25) is 4.72 Å². The van der Waals surface area contributed by atoms with Gasteiger partial charge < -0.3 is 5.32 Å². The van der Waals surface area contributed by atoms with E-state index < -0.39 is 9.84 Å². The summed E-state index contributed by atoms with van der Waals surface area (Å²) < 4.78 is 24.5. The summed E-state index contributed by atoms with van der Waals surface area (Å²) >= 11 is 1.87. The van der Waals surface area contributed by atoms with Crippen molar-refractivity contribution in [1.29, 1.82) is 0 Å². The van der Waals surface area contributed by atoms with Crippen molar-refractivity contribution in [2.75, 3.05) is 36.9 Å². The Kier molecular flexibility index (Phi) is 6.63. The highest BCUT2D eigenvalue weighted by Gasteiger charge is 2.13. The van der Waals surface area contributed by atoms with Crippen LogP contribution >= 0.6 is 11.9 Å². The van der Waals surface area contributed by atoms with E-state index in [0.29, 0.717) is 24.6 Å². The van der Waals surface area contributed by atoms with Gasteiger partial charge >= 0.3 is 0 Å². The normalized spacial score (nSPS) is 25.9. The molecule has 2 heterocycles. The van der Waals surface area contributed by atoms with Crippen LogP contribution in [0.1, 0.15) is 19.3 Å². The lowest BCUT2D eigenvalue weighted by Crippen LogP contribution is -2.35. The molecule has 6 heteroatoms. The number of nitrogens with one attached hydrogen (secondary N) is 2. The molecule has 0 aromatic rings. The largest absolute Gasteiger partial charge is 0.315 e. The Morgan fingerprint density at radius 1 is 0.933 bits per heavy atom. The van der Waals surface area contributed by atoms with E-state index in [1.165, 1.54) is 31.6 Å². The first kappa shape index (κ1) is 13.3. The molecule has 0 radical (unpaired) electrons. The van der Waals surface area contributed by atoms with Gasteiger partial charge in [0.2, 0.25) is 0 Å². The van der Waals surface area contributed by atoms with Crippen molar-refractivity contribution in [2.45, 2.75) is 19.3 Å². The molecule has 0 atom stereocenters. The quantitative estimate of drug-likeness (QED) is 0.612. The van der Waals surface area contributed by atoms with Gasteiger partial charge in [-0.15, -0.1) is 0 Å². The van der Waals surface area contributed by atoms with Gasteiger partial charge in [-0.1, -0.05) is 18.4 Å². The Bertz CT molecular complexity index is 223. The van der Waals surface area contributed by atoms with Gasteiger partial charge in [0.05, 0.1) is 11.5 Å². The van der Waals surface area contributed by atoms with Crippen LogP contribution in [-0.4, -0.2) is 45.3 Å². The zero-order valence-electron chi connectivity index (χ0n) is 9.00. The monoisotopic (exact) mass is 252 g/mol. The molecule has 2 rings (SSSR count). The lowest BCUT2D eigenvalue weighted by atomic mass is 10.3. The van der Waals surface area contributed by atoms with Crippen LogP contribution < -0.4 is 10.0 Å². The molecule has 2 saturated heterocycles. The van der Waals surface area contributed by atoms with E-state index in [-0.39, 0.29) is 0 Å². The first-order valence-electron chi connectivity index (χ1n) is 5.46. The van der Waals surface area contributed by atoms with E-state index in [2.05, 4.69) is 10.0 Å². The minimum Gasteiger partial charge on any atom is -0.315 e. The standard InChI is InChI=1S/C5H11NS.C4H9NO2S/c1-2-4-6-7-5-3-1;6-8(7)3-1-5-2-4-8/h6H,1-5H2;5H,1-4H2. The number of hydrogen-bond acceptors (Lipinski definition) is 5. The van der Waals surface area contributed by atoms with Crippen LogP contribution in [0, 0.1) is 0 Å². The average molecular weight is 252 g/mol. The molecule has 0 bridgehead atoms. The molecule has 90 valence electrons. The first-order chi connectivity index (χ1) is 7.21. The second-order valence-corrected chi connectivity index (χ2v) is 6.99. The van der Waals surface area contributed by atoms with E-state index in [1.54, 1.807) is 0 Å². The predicted octanol–water partition coefficient (Wildman–Crippen LogP) is 0.413. The van der Waals surface area contributed by atoms with E-state index in [9.17, 15) is 8.42 Å². The fourth-order valence-electron chi connectivity index (χ4n) is 1.37. The van der Waals surface area contributed by atoms with Crippen molar-refractivity contribution in [1.82, 2.24) is 10.0 Å². The molecule has 4 nitrogen and oxygen atoms in total. The van der Waals surface area contributed by atoms with Gasteiger partial charge in [0.1, 0.15) is 0 Å². The molecule has 0 aromatic heterocycles. The summed E-state index contributed by atoms with van der Waals surface area (Å²) in [4.78, 5) is 0. The van der Waals surface area contributed by atoms with Crippen LogP contribution in [-0.2, 0) is 9.84 Å². The van der Waals surface area contributed by atoms with Crippen molar-refractivity contribution in [3.63, 3.8) is 0 Å². The van der Waals surface area contributed by atoms with Gasteiger partial charge in [-0.05, 0) is 12.8 Å². The molecule has 2 N–H and O–H groups in total. The lowest BCUT2D eigenvalue weighted by Gasteiger charge is -2.10. The summed E-state index contributed by atoms with van der Waals surface area (Å²) in [7, 11) is -2.65. The average Bonchev–Trinajstić information content (AvgIpc) is 2.49. The Morgan fingerprint density at radius 3 is 2.27 bits per heavy atom. The molecule has 15 heavy (non-hydrogen) atoms. The van der Waals surface area contributed by atoms with Crippen LogP contribution in [0.3, 0.4) is 0 Å². The SMILES string of the molecule is C1CCNSCC1.O=S1(=O)CCNCC1. The summed E-state index contributed by atoms with van der Waals surface area (Å²) in [5.41, 5.74) is 0. The van der Waals surface area contributed by atoms with Gasteiger partial charge in [-0.25, -0.2) is 8.42 Å². The van der Waals surface area contributed by atoms with E-state index in [0.717, 1.165) is 0 Å². The molecular formula is C9H20N2O2S2. The van der Waals surface area contributed by atoms with Gasteiger partial charge in [0.25, 0.3) is 0 Å². The second kappa shape index (κ2) is 7.49. The van der Waals surface area contributed by atoms with Gasteiger partial charge in [0, 0.05) is 25.4 Å². The zero-order chi connectivity index (χ0) is 11.0. The van der Waals surface area contributed by atoms with Crippen molar-refractivity contribution >= 4 is 21.8 Å². The van der Waals surface area contributed by atoms with Crippen molar-refractivity contribution < 1.29 is 8.42 Å². The fourth-order valence-corrected chi connectivity index (χ4v) is 3.27. The molecule has 2 fully saturated rings. The number of hydrogen-bond donors (Lipinski definition) is 2. The van der Waals surface area contributed by atoms with Crippen LogP contribution in [0.25, 0.3) is 0 Å². The van der Waals surface area contributed by atoms with Crippen LogP contribution in [0.2, 0.25) is 0 Å². The third-order valence-corrected chi connectivity index (χ3v) is 4.86. The minimum atomic E-state index is -2.65. The molecule has 2 aliphatic heterocycles. The molecule has 0 unspecified atom stereocenters. The molecule has 0 amide bonds. The van der Waals surface area contributed by atoms with Gasteiger partial charge in [-0.2, -0.15) is 0 Å². The highest BCUT2D eigenvalue weighted by molar-refractivity contribution is 7.97. The highest BCUT2D eigenvalue weighted by Crippen LogP contribution is 2.06. The topological polar surface area (TPSA) is 58.2 Å². The Morgan fingerprint density at radius 2 is 1.67 bits per heavy atom. The number of sulfone groups is 1. The van der Waals surface area contributed by atoms with Gasteiger partial charge in [0.15, 0.2) is 9.84 Å². The maximum atomic E-state index is 10.6. The third kappa shape index (κ3) is 7.16. The van der Waals surface area contributed by atoms with Crippen LogP contribution in [0.15, 0.2) is 0 Å². The summed E-state index contributed by atoms with van der Waals surface area (Å²) in [5, 5.41) is 2.96. The Balaban J connectivity index is 0.000000151. The third-order valence-electron chi connectivity index (χ3n) is 2.31. The first-order valence-corrected chi connectivity index (χ1v) is 8.27. The molecule has 0 saturated carbocycles. The molecule has 0 spiro atoms. The van der Waals surface area contributed by atoms with E-state index in [1.807, 2.05) is 11.9 Å². The van der Waals surface area contributed by atoms with Crippen molar-refractivity contribution in [3.05, 3.63) is 0 Å². The van der Waals surface area contributed by atoms with E-state index >= 15 is 0 Å². The second-order valence-electron chi connectivity index (χ2n) is 3.71. The summed E-state index contributed by atoms with van der Waals surface area (Å²) in [6, 6.07) is 0. The minimum absolute atomic E-state index is 0.312. The Labute approximate surface area is 96.6 Å². The summed E-state index contributed by atoms with van der Waals surface area (Å²) in [6.07, 6.45) is 4.19. The Hall–Kier alpha value is 0.220.